The molecule has 0 unspecified atom stereocenters. The van der Waals surface area contributed by atoms with E-state index < -0.39 is 5.60 Å². The van der Waals surface area contributed by atoms with Crippen LogP contribution in [0.25, 0.3) is 17.0 Å². The van der Waals surface area contributed by atoms with Crippen LogP contribution in [0.4, 0.5) is 10.5 Å². The van der Waals surface area contributed by atoms with Crippen LogP contribution >= 0.6 is 0 Å². The molecule has 28 heavy (non-hydrogen) atoms. The molecule has 1 aromatic heterocycles. The lowest BCUT2D eigenvalue weighted by Crippen LogP contribution is -2.41. The number of carbonyl (C=O) groups is 1. The van der Waals surface area contributed by atoms with Crippen LogP contribution < -0.4 is 5.73 Å². The van der Waals surface area contributed by atoms with Crippen LogP contribution in [0.1, 0.15) is 58.2 Å². The maximum atomic E-state index is 12.2. The highest BCUT2D eigenvalue weighted by Gasteiger charge is 2.27. The summed E-state index contributed by atoms with van der Waals surface area (Å²) in [6.45, 7) is 9.15. The molecule has 1 aliphatic heterocycles. The fourth-order valence-electron chi connectivity index (χ4n) is 3.68. The van der Waals surface area contributed by atoms with E-state index >= 15 is 0 Å². The summed E-state index contributed by atoms with van der Waals surface area (Å²) >= 11 is 0. The molecule has 2 heterocycles. The van der Waals surface area contributed by atoms with Gasteiger partial charge in [-0.3, -0.25) is 0 Å². The van der Waals surface area contributed by atoms with Gasteiger partial charge in [-0.15, -0.1) is 0 Å². The minimum absolute atomic E-state index is 0.206. The zero-order chi connectivity index (χ0) is 20.3. The third-order valence-electron chi connectivity index (χ3n) is 5.18. The average Bonchev–Trinajstić information content (AvgIpc) is 3.04. The minimum Gasteiger partial charge on any atom is -0.444 e. The number of aryl methyl sites for hydroxylation is 1. The standard InChI is InChI=1S/C22H31N3O3/c1-5-6-16-18(23)9-8-17-19(24-28-20(16)17)10-7-15-11-13-25(14-12-15)21(26)27-22(2,3)4/h5-6,8-9,15H,7,10-14,23H2,1-4H3. The molecule has 0 radical (unpaired) electrons. The Morgan fingerprint density at radius 2 is 2.07 bits per heavy atom. The molecule has 6 heteroatoms. The highest BCUT2D eigenvalue weighted by Crippen LogP contribution is 2.30. The van der Waals surface area contributed by atoms with E-state index in [2.05, 4.69) is 5.16 Å². The monoisotopic (exact) mass is 385 g/mol. The van der Waals surface area contributed by atoms with Gasteiger partial charge in [0.05, 0.1) is 5.69 Å². The number of likely N-dealkylation sites (tertiary alicyclic amines) is 1. The number of benzene rings is 1. The Kier molecular flexibility index (Phi) is 5.96. The molecule has 1 amide bonds. The van der Waals surface area contributed by atoms with Gasteiger partial charge < -0.3 is 19.9 Å². The van der Waals surface area contributed by atoms with Crippen LogP contribution in [-0.2, 0) is 11.2 Å². The number of allylic oxidation sites excluding steroid dienone is 1. The highest BCUT2D eigenvalue weighted by atomic mass is 16.6. The van der Waals surface area contributed by atoms with Crippen LogP contribution in [0.2, 0.25) is 0 Å². The van der Waals surface area contributed by atoms with E-state index in [-0.39, 0.29) is 6.09 Å². The van der Waals surface area contributed by atoms with E-state index in [1.807, 2.05) is 56.9 Å². The van der Waals surface area contributed by atoms with E-state index in [1.165, 1.54) is 0 Å². The molecule has 0 bridgehead atoms. The van der Waals surface area contributed by atoms with Crippen LogP contribution in [0.15, 0.2) is 22.7 Å². The summed E-state index contributed by atoms with van der Waals surface area (Å²) in [4.78, 5) is 14.0. The topological polar surface area (TPSA) is 81.6 Å². The van der Waals surface area contributed by atoms with Gasteiger partial charge in [-0.05, 0) is 71.4 Å². The van der Waals surface area contributed by atoms with Crippen molar-refractivity contribution >= 4 is 28.8 Å². The van der Waals surface area contributed by atoms with Gasteiger partial charge in [0.1, 0.15) is 5.60 Å². The lowest BCUT2D eigenvalue weighted by atomic mass is 9.91. The van der Waals surface area contributed by atoms with Crippen molar-refractivity contribution in [2.24, 2.45) is 5.92 Å². The number of hydrogen-bond acceptors (Lipinski definition) is 5. The van der Waals surface area contributed by atoms with Gasteiger partial charge in [-0.25, -0.2) is 4.79 Å². The van der Waals surface area contributed by atoms with Gasteiger partial charge in [0, 0.05) is 29.7 Å². The molecule has 2 N–H and O–H groups in total. The molecule has 0 spiro atoms. The molecule has 152 valence electrons. The number of piperidine rings is 1. The first-order valence-corrected chi connectivity index (χ1v) is 10.1. The van der Waals surface area contributed by atoms with Gasteiger partial charge in [0.25, 0.3) is 0 Å². The van der Waals surface area contributed by atoms with Gasteiger partial charge >= 0.3 is 6.09 Å². The Balaban J connectivity index is 1.58. The van der Waals surface area contributed by atoms with Crippen molar-refractivity contribution in [3.63, 3.8) is 0 Å². The van der Waals surface area contributed by atoms with Crippen molar-refractivity contribution in [1.29, 1.82) is 0 Å². The number of amides is 1. The molecule has 1 aromatic carbocycles. The molecule has 1 saturated heterocycles. The van der Waals surface area contributed by atoms with Gasteiger partial charge in [-0.2, -0.15) is 0 Å². The van der Waals surface area contributed by atoms with E-state index in [0.717, 1.165) is 61.0 Å². The molecular weight excluding hydrogens is 354 g/mol. The molecule has 0 atom stereocenters. The Labute approximate surface area is 166 Å². The van der Waals surface area contributed by atoms with Crippen LogP contribution in [0.3, 0.4) is 0 Å². The second kappa shape index (κ2) is 8.25. The molecule has 3 rings (SSSR count). The third-order valence-corrected chi connectivity index (χ3v) is 5.18. The molecular formula is C22H31N3O3. The van der Waals surface area contributed by atoms with E-state index in [4.69, 9.17) is 15.0 Å². The fourth-order valence-corrected chi connectivity index (χ4v) is 3.68. The number of rotatable bonds is 4. The van der Waals surface area contributed by atoms with E-state index in [1.54, 1.807) is 0 Å². The molecule has 6 nitrogen and oxygen atoms in total. The second-order valence-electron chi connectivity index (χ2n) is 8.52. The number of aromatic nitrogens is 1. The summed E-state index contributed by atoms with van der Waals surface area (Å²) < 4.78 is 11.1. The number of ether oxygens (including phenoxy) is 1. The maximum absolute atomic E-state index is 12.2. The van der Waals surface area contributed by atoms with Crippen molar-refractivity contribution in [3.8, 4) is 0 Å². The third kappa shape index (κ3) is 4.66. The normalized spacial score (nSPS) is 16.2. The zero-order valence-electron chi connectivity index (χ0n) is 17.3. The van der Waals surface area contributed by atoms with Crippen molar-refractivity contribution < 1.29 is 14.1 Å². The minimum atomic E-state index is -0.447. The average molecular weight is 386 g/mol. The van der Waals surface area contributed by atoms with Gasteiger partial charge in [0.15, 0.2) is 5.58 Å². The predicted octanol–water partition coefficient (Wildman–Crippen LogP) is 5.02. The molecule has 0 aliphatic carbocycles. The van der Waals surface area contributed by atoms with Crippen LogP contribution in [0, 0.1) is 5.92 Å². The summed E-state index contributed by atoms with van der Waals surface area (Å²) in [6.07, 6.45) is 7.58. The van der Waals surface area contributed by atoms with Crippen LogP contribution in [0.5, 0.6) is 0 Å². The highest BCUT2D eigenvalue weighted by molar-refractivity contribution is 5.92. The SMILES string of the molecule is CC=Cc1c(N)ccc2c(CCC3CCN(C(=O)OC(C)(C)C)CC3)noc12. The first kappa shape index (κ1) is 20.2. The summed E-state index contributed by atoms with van der Waals surface area (Å²) in [7, 11) is 0. The number of anilines is 1. The van der Waals surface area contributed by atoms with E-state index in [9.17, 15) is 4.79 Å². The van der Waals surface area contributed by atoms with Crippen molar-refractivity contribution in [3.05, 3.63) is 29.5 Å². The largest absolute Gasteiger partial charge is 0.444 e. The summed E-state index contributed by atoms with van der Waals surface area (Å²) in [5.74, 6) is 0.578. The lowest BCUT2D eigenvalue weighted by molar-refractivity contribution is 0.0181. The van der Waals surface area contributed by atoms with Crippen LogP contribution in [-0.4, -0.2) is 34.8 Å². The summed E-state index contributed by atoms with van der Waals surface area (Å²) in [6, 6.07) is 3.91. The van der Waals surface area contributed by atoms with E-state index in [0.29, 0.717) is 11.6 Å². The summed E-state index contributed by atoms with van der Waals surface area (Å²) in [5.41, 5.74) is 8.95. The van der Waals surface area contributed by atoms with Gasteiger partial charge in [0.2, 0.25) is 0 Å². The summed E-state index contributed by atoms with van der Waals surface area (Å²) in [5, 5.41) is 5.33. The first-order chi connectivity index (χ1) is 13.3. The van der Waals surface area contributed by atoms with Crippen molar-refractivity contribution in [2.45, 2.75) is 59.0 Å². The number of nitrogens with zero attached hydrogens (tertiary/aromatic N) is 2. The Morgan fingerprint density at radius 1 is 1.36 bits per heavy atom. The molecule has 2 aromatic rings. The quantitative estimate of drug-likeness (QED) is 0.747. The molecule has 1 aliphatic rings. The second-order valence-corrected chi connectivity index (χ2v) is 8.52. The number of nitrogen functional groups attached to an aromatic ring is 1. The first-order valence-electron chi connectivity index (χ1n) is 10.1. The number of carbonyl (C=O) groups excluding carboxylic acids is 1. The Morgan fingerprint density at radius 3 is 2.71 bits per heavy atom. The Hall–Kier alpha value is -2.50. The maximum Gasteiger partial charge on any atom is 0.410 e. The zero-order valence-corrected chi connectivity index (χ0v) is 17.3. The molecule has 1 fully saturated rings. The Bertz CT molecular complexity index is 856. The predicted molar refractivity (Wildman–Crippen MR) is 112 cm³/mol. The van der Waals surface area contributed by atoms with Gasteiger partial charge in [-0.1, -0.05) is 17.3 Å². The number of nitrogens with two attached hydrogens (primary N) is 1. The lowest BCUT2D eigenvalue weighted by Gasteiger charge is -2.33. The number of fused-ring (bicyclic) bond motifs is 1. The fraction of sp³-hybridized carbons (Fsp3) is 0.545. The smallest absolute Gasteiger partial charge is 0.410 e. The van der Waals surface area contributed by atoms with Crippen molar-refractivity contribution in [1.82, 2.24) is 10.1 Å². The van der Waals surface area contributed by atoms with Crippen molar-refractivity contribution in [2.75, 3.05) is 18.8 Å². The molecule has 0 saturated carbocycles. The number of hydrogen-bond donors (Lipinski definition) is 1.